The molecular formula is C16H23N5O. The van der Waals surface area contributed by atoms with E-state index < -0.39 is 0 Å². The van der Waals surface area contributed by atoms with Crippen LogP contribution in [0.2, 0.25) is 0 Å². The Morgan fingerprint density at radius 1 is 1.27 bits per heavy atom. The van der Waals surface area contributed by atoms with E-state index in [-0.39, 0.29) is 17.9 Å². The van der Waals surface area contributed by atoms with Gasteiger partial charge in [-0.25, -0.2) is 4.68 Å². The number of aromatic nitrogens is 4. The molecule has 0 saturated carbocycles. The number of benzene rings is 1. The molecule has 22 heavy (non-hydrogen) atoms. The largest absolute Gasteiger partial charge is 0.340 e. The zero-order chi connectivity index (χ0) is 16.3. The molecule has 1 amide bonds. The van der Waals surface area contributed by atoms with Crippen LogP contribution in [0, 0.1) is 6.92 Å². The van der Waals surface area contributed by atoms with E-state index >= 15 is 0 Å². The quantitative estimate of drug-likeness (QED) is 0.865. The van der Waals surface area contributed by atoms with Crippen LogP contribution < -0.4 is 0 Å². The molecule has 0 unspecified atom stereocenters. The zero-order valence-corrected chi connectivity index (χ0v) is 13.9. The molecule has 6 heteroatoms. The second-order valence-corrected chi connectivity index (χ2v) is 6.59. The van der Waals surface area contributed by atoms with Crippen LogP contribution >= 0.6 is 0 Å². The molecule has 1 heterocycles. The summed E-state index contributed by atoms with van der Waals surface area (Å²) in [6.07, 6.45) is 0. The normalized spacial score (nSPS) is 11.5. The minimum absolute atomic E-state index is 0.0129. The predicted molar refractivity (Wildman–Crippen MR) is 84.2 cm³/mol. The second kappa shape index (κ2) is 6.25. The van der Waals surface area contributed by atoms with Gasteiger partial charge in [-0.15, -0.1) is 5.10 Å². The van der Waals surface area contributed by atoms with Gasteiger partial charge in [-0.3, -0.25) is 4.79 Å². The van der Waals surface area contributed by atoms with Gasteiger partial charge in [0.2, 0.25) is 5.91 Å². The van der Waals surface area contributed by atoms with Crippen molar-refractivity contribution in [3.8, 4) is 0 Å². The van der Waals surface area contributed by atoms with Crippen LogP contribution in [0.25, 0.3) is 0 Å². The first-order valence-electron chi connectivity index (χ1n) is 7.34. The highest BCUT2D eigenvalue weighted by molar-refractivity contribution is 5.75. The maximum absolute atomic E-state index is 12.4. The van der Waals surface area contributed by atoms with Gasteiger partial charge in [0, 0.05) is 19.0 Å². The smallest absolute Gasteiger partial charge is 0.244 e. The number of likely N-dealkylation sites (N-methyl/N-ethyl adjacent to an activating group) is 1. The standard InChI is InChI=1S/C16H23N5O/c1-12-8-6-7-9-13(12)10-20(5)14(22)11-21-15(16(2,3)4)17-18-19-21/h6-9H,10-11H2,1-5H3. The third kappa shape index (κ3) is 3.69. The van der Waals surface area contributed by atoms with E-state index in [1.54, 1.807) is 16.6 Å². The van der Waals surface area contributed by atoms with Gasteiger partial charge < -0.3 is 4.90 Å². The highest BCUT2D eigenvalue weighted by Crippen LogP contribution is 2.18. The van der Waals surface area contributed by atoms with E-state index in [4.69, 9.17) is 0 Å². The van der Waals surface area contributed by atoms with Crippen molar-refractivity contribution in [1.82, 2.24) is 25.1 Å². The van der Waals surface area contributed by atoms with Crippen LogP contribution in [0.15, 0.2) is 24.3 Å². The van der Waals surface area contributed by atoms with Crippen LogP contribution in [0.5, 0.6) is 0 Å². The molecule has 1 aromatic heterocycles. The molecule has 0 aliphatic rings. The molecule has 0 fully saturated rings. The summed E-state index contributed by atoms with van der Waals surface area (Å²) < 4.78 is 1.58. The van der Waals surface area contributed by atoms with Crippen molar-refractivity contribution in [2.45, 2.75) is 46.2 Å². The van der Waals surface area contributed by atoms with Gasteiger partial charge in [-0.1, -0.05) is 45.0 Å². The molecular weight excluding hydrogens is 278 g/mol. The van der Waals surface area contributed by atoms with Crippen molar-refractivity contribution in [2.75, 3.05) is 7.05 Å². The van der Waals surface area contributed by atoms with E-state index in [0.29, 0.717) is 12.4 Å². The van der Waals surface area contributed by atoms with Gasteiger partial charge >= 0.3 is 0 Å². The van der Waals surface area contributed by atoms with E-state index in [2.05, 4.69) is 15.5 Å². The third-order valence-corrected chi connectivity index (χ3v) is 3.58. The third-order valence-electron chi connectivity index (χ3n) is 3.58. The van der Waals surface area contributed by atoms with Crippen LogP contribution in [-0.2, 0) is 23.3 Å². The summed E-state index contributed by atoms with van der Waals surface area (Å²) in [7, 11) is 1.80. The van der Waals surface area contributed by atoms with Gasteiger partial charge in [0.05, 0.1) is 0 Å². The molecule has 2 aromatic rings. The number of hydrogen-bond acceptors (Lipinski definition) is 4. The second-order valence-electron chi connectivity index (χ2n) is 6.59. The Bertz CT molecular complexity index is 657. The van der Waals surface area contributed by atoms with Crippen molar-refractivity contribution in [3.63, 3.8) is 0 Å². The number of rotatable bonds is 4. The van der Waals surface area contributed by atoms with Crippen LogP contribution in [0.1, 0.15) is 37.7 Å². The van der Waals surface area contributed by atoms with Gasteiger partial charge in [0.25, 0.3) is 0 Å². The molecule has 0 atom stereocenters. The molecule has 0 aliphatic heterocycles. The van der Waals surface area contributed by atoms with Gasteiger partial charge in [0.15, 0.2) is 5.82 Å². The lowest BCUT2D eigenvalue weighted by molar-refractivity contribution is -0.131. The van der Waals surface area contributed by atoms with Crippen molar-refractivity contribution in [1.29, 1.82) is 0 Å². The lowest BCUT2D eigenvalue weighted by Crippen LogP contribution is -2.32. The van der Waals surface area contributed by atoms with E-state index in [0.717, 1.165) is 5.56 Å². The van der Waals surface area contributed by atoms with Gasteiger partial charge in [-0.2, -0.15) is 0 Å². The van der Waals surface area contributed by atoms with Crippen molar-refractivity contribution in [3.05, 3.63) is 41.2 Å². The summed E-state index contributed by atoms with van der Waals surface area (Å²) in [5.74, 6) is 0.700. The van der Waals surface area contributed by atoms with Crippen molar-refractivity contribution in [2.24, 2.45) is 0 Å². The maximum Gasteiger partial charge on any atom is 0.244 e. The van der Waals surface area contributed by atoms with E-state index in [1.807, 2.05) is 52.0 Å². The summed E-state index contributed by atoms with van der Waals surface area (Å²) in [4.78, 5) is 14.1. The molecule has 0 N–H and O–H groups in total. The topological polar surface area (TPSA) is 63.9 Å². The maximum atomic E-state index is 12.4. The summed E-state index contributed by atoms with van der Waals surface area (Å²) >= 11 is 0. The fourth-order valence-electron chi connectivity index (χ4n) is 2.23. The van der Waals surface area contributed by atoms with Crippen molar-refractivity contribution >= 4 is 5.91 Å². The Morgan fingerprint density at radius 2 is 1.95 bits per heavy atom. The molecule has 2 rings (SSSR count). The lowest BCUT2D eigenvalue weighted by Gasteiger charge is -2.21. The lowest BCUT2D eigenvalue weighted by atomic mass is 9.96. The molecule has 118 valence electrons. The first kappa shape index (κ1) is 16.1. The fraction of sp³-hybridized carbons (Fsp3) is 0.500. The number of aryl methyl sites for hydroxylation is 1. The summed E-state index contributed by atoms with van der Waals surface area (Å²) in [6.45, 7) is 8.86. The molecule has 0 spiro atoms. The summed E-state index contributed by atoms with van der Waals surface area (Å²) in [5, 5.41) is 11.7. The van der Waals surface area contributed by atoms with E-state index in [9.17, 15) is 4.79 Å². The van der Waals surface area contributed by atoms with E-state index in [1.165, 1.54) is 5.56 Å². The Balaban J connectivity index is 2.07. The number of hydrogen-bond donors (Lipinski definition) is 0. The van der Waals surface area contributed by atoms with Crippen LogP contribution in [0.3, 0.4) is 0 Å². The van der Waals surface area contributed by atoms with Crippen molar-refractivity contribution < 1.29 is 4.79 Å². The Hall–Kier alpha value is -2.24. The van der Waals surface area contributed by atoms with Gasteiger partial charge in [0.1, 0.15) is 6.54 Å². The molecule has 0 bridgehead atoms. The number of carbonyl (C=O) groups is 1. The number of carbonyl (C=O) groups excluding carboxylic acids is 1. The molecule has 0 radical (unpaired) electrons. The molecule has 0 aliphatic carbocycles. The monoisotopic (exact) mass is 301 g/mol. The SMILES string of the molecule is Cc1ccccc1CN(C)C(=O)Cn1nnnc1C(C)(C)C. The average Bonchev–Trinajstić information content (AvgIpc) is 2.89. The van der Waals surface area contributed by atoms with Crippen LogP contribution in [-0.4, -0.2) is 38.1 Å². The first-order chi connectivity index (χ1) is 10.3. The fourth-order valence-corrected chi connectivity index (χ4v) is 2.23. The average molecular weight is 301 g/mol. The molecule has 6 nitrogen and oxygen atoms in total. The van der Waals surface area contributed by atoms with Crippen LogP contribution in [0.4, 0.5) is 0 Å². The minimum atomic E-state index is -0.196. The molecule has 1 aromatic carbocycles. The van der Waals surface area contributed by atoms with Gasteiger partial charge in [-0.05, 0) is 28.5 Å². The number of nitrogens with zero attached hydrogens (tertiary/aromatic N) is 5. The summed E-state index contributed by atoms with van der Waals surface area (Å²) in [6, 6.07) is 8.07. The Labute approximate surface area is 131 Å². The zero-order valence-electron chi connectivity index (χ0n) is 13.9. The summed E-state index contributed by atoms with van der Waals surface area (Å²) in [5.41, 5.74) is 2.13. The predicted octanol–water partition coefficient (Wildman–Crippen LogP) is 1.94. The Morgan fingerprint density at radius 3 is 2.59 bits per heavy atom. The number of tetrazole rings is 1. The highest BCUT2D eigenvalue weighted by atomic mass is 16.2. The Kier molecular flexibility index (Phi) is 4.59. The first-order valence-corrected chi connectivity index (χ1v) is 7.34. The molecule has 0 saturated heterocycles. The minimum Gasteiger partial charge on any atom is -0.340 e. The highest BCUT2D eigenvalue weighted by Gasteiger charge is 2.23. The number of amides is 1.